The summed E-state index contributed by atoms with van der Waals surface area (Å²) in [5.74, 6) is 0. The van der Waals surface area contributed by atoms with Gasteiger partial charge in [0, 0.05) is 253 Å². The summed E-state index contributed by atoms with van der Waals surface area (Å²) in [6, 6.07) is 0. The van der Waals surface area contributed by atoms with Gasteiger partial charge in [-0.25, -0.2) is 0 Å². The van der Waals surface area contributed by atoms with Crippen LogP contribution in [0.1, 0.15) is 5.71 Å². The van der Waals surface area contributed by atoms with Crippen molar-refractivity contribution in [1.82, 2.24) is 0 Å². The van der Waals surface area contributed by atoms with Gasteiger partial charge in [0.2, 0.25) is 0 Å². The van der Waals surface area contributed by atoms with Crippen molar-refractivity contribution >= 4 is 9.05 Å². The average molecular weight is 2950 g/mol. The third-order valence-electron chi connectivity index (χ3n) is 0. The van der Waals surface area contributed by atoms with Gasteiger partial charge >= 0.3 is 5.71 Å². The first-order valence-electron chi connectivity index (χ1n) is 0.816. The van der Waals surface area contributed by atoms with Crippen LogP contribution in [-0.4, -0.2) is 206 Å². The second-order valence-electron chi connectivity index (χ2n) is 0.500. The van der Waals surface area contributed by atoms with Gasteiger partial charge in [0.15, 0.2) is 0 Å². The van der Waals surface area contributed by atoms with E-state index in [1.807, 2.05) is 0 Å². The standard InChI is InChI=1S/O4Si.36H2O.12W/c1-5(2,3)4;;;;;;;;;;;;;;;;;;;;;;;;;;;;;;;;;;;;;;;;;;;;;;;;/h;36*1H2;;;;;;;;;;;;/q-4;;;;;;;;;;;;;;;;;;;;;;;;;;;;;;;;;;;;;;;;;;;;;;;;/p+4. The molecule has 72 N–H and O–H groups in total. The molecule has 0 spiro atoms. The molecule has 0 saturated carbocycles. The molecule has 0 saturated heterocycles. The Labute approximate surface area is 477 Å². The third kappa shape index (κ3) is 4030. The molecule has 0 fully saturated rings. The van der Waals surface area contributed by atoms with Crippen LogP contribution in [0.3, 0.4) is 0 Å². The summed E-state index contributed by atoms with van der Waals surface area (Å²) in [5, 5.41) is 0. The fourth-order valence-corrected chi connectivity index (χ4v) is 0. The van der Waals surface area contributed by atoms with E-state index in [4.69, 9.17) is 19.2 Å². The minimum atomic E-state index is -5.61. The SMILES string of the molecule is O.O.O.O.O.O.O.O.O.O.O.O.O.O.O.O.O.O.O.O.O.O.O.O.O.O.O.O.O.O.O.O.O.O.O.O.[H+].[H+].[H+].[H+].[O-][Si]([O-])([O-])[O-].[W].[W].[W].[W].[W].[W].[W].[W].[W].[W].[W].[W]. The maximum absolute atomic E-state index is 8.58. The predicted molar refractivity (Wildman–Crippen MR) is 140 cm³/mol. The molecule has 0 aliphatic heterocycles. The molecule has 40 nitrogen and oxygen atoms in total. The van der Waals surface area contributed by atoms with Crippen LogP contribution in [0.5, 0.6) is 0 Å². The first-order valence-corrected chi connectivity index (χ1v) is 2.45. The van der Waals surface area contributed by atoms with Crippen molar-refractivity contribution in [3.63, 3.8) is 0 Å². The molecule has 0 aromatic rings. The topological polar surface area (TPSA) is 1230 Å². The summed E-state index contributed by atoms with van der Waals surface area (Å²) in [6.07, 6.45) is 0. The number of hydrogen-bond donors (Lipinski definition) is 0. The van der Waals surface area contributed by atoms with Crippen LogP contribution >= 0.6 is 0 Å². The Bertz CT molecular complexity index is 84.1. The zero-order valence-corrected chi connectivity index (χ0v) is 61.2. The summed E-state index contributed by atoms with van der Waals surface area (Å²) in [5.41, 5.74) is 0. The molecule has 0 aromatic carbocycles. The second kappa shape index (κ2) is 1190. The molecular weight excluding hydrogens is 2870 g/mol. The Balaban J connectivity index is -0.0000000000603. The number of rotatable bonds is 0. The molecule has 0 aliphatic carbocycles. The fourth-order valence-electron chi connectivity index (χ4n) is 0. The van der Waals surface area contributed by atoms with Crippen LogP contribution in [0, 0.1) is 0 Å². The van der Waals surface area contributed by atoms with Crippen molar-refractivity contribution in [2.24, 2.45) is 0 Å². The monoisotopic (exact) mass is 2950 g/mol. The molecule has 392 valence electrons. The average Bonchev–Trinajstić information content (AvgIpc) is 0.722. The predicted octanol–water partition coefficient (Wildman–Crippen LogP) is -34.4. The van der Waals surface area contributed by atoms with E-state index in [0.717, 1.165) is 0 Å². The molecule has 0 unspecified atom stereocenters. The third-order valence-corrected chi connectivity index (χ3v) is 0. The molecule has 0 rings (SSSR count). The normalized spacial score (nSPS) is 1.13. The molecule has 0 radical (unpaired) electrons. The minimum absolute atomic E-state index is 0. The minimum Gasteiger partial charge on any atom is -0.894 e. The second-order valence-corrected chi connectivity index (χ2v) is 1.50. The zero-order valence-electron chi connectivity index (χ0n) is 29.0. The van der Waals surface area contributed by atoms with Crippen LogP contribution < -0.4 is 19.2 Å². The van der Waals surface area contributed by atoms with Gasteiger partial charge in [0.1, 0.15) is 0 Å². The van der Waals surface area contributed by atoms with E-state index in [2.05, 4.69) is 0 Å². The molecule has 53 heavy (non-hydrogen) atoms. The van der Waals surface area contributed by atoms with Crippen LogP contribution in [0.15, 0.2) is 0 Å². The quantitative estimate of drug-likeness (QED) is 0.213. The first-order chi connectivity index (χ1) is 2.00. The van der Waals surface area contributed by atoms with Crippen molar-refractivity contribution in [2.75, 3.05) is 0 Å². The molecule has 0 atom stereocenters. The Morgan fingerprint density at radius 2 is 0.132 bits per heavy atom. The van der Waals surface area contributed by atoms with Gasteiger partial charge in [-0.3, -0.25) is 0 Å². The first kappa shape index (κ1) is 1750. The van der Waals surface area contributed by atoms with Crippen molar-refractivity contribution in [2.45, 2.75) is 0 Å². The van der Waals surface area contributed by atoms with E-state index in [1.54, 1.807) is 0 Å². The van der Waals surface area contributed by atoms with Crippen molar-refractivity contribution < 1.29 is 475 Å². The molecule has 53 heteroatoms. The van der Waals surface area contributed by atoms with Gasteiger partial charge in [-0.05, 0) is 0 Å². The van der Waals surface area contributed by atoms with Crippen LogP contribution in [0.2, 0.25) is 0 Å². The van der Waals surface area contributed by atoms with E-state index >= 15 is 0 Å². The molecule has 0 heterocycles. The van der Waals surface area contributed by atoms with Gasteiger partial charge in [-0.2, -0.15) is 0 Å². The van der Waals surface area contributed by atoms with Gasteiger partial charge in [-0.15, -0.1) is 0 Å². The van der Waals surface area contributed by atoms with Crippen LogP contribution in [-0.2, 0) is 253 Å². The van der Waals surface area contributed by atoms with Gasteiger partial charge in [-0.1, -0.05) is 0 Å². The van der Waals surface area contributed by atoms with Crippen LogP contribution in [0.4, 0.5) is 0 Å². The summed E-state index contributed by atoms with van der Waals surface area (Å²) in [6.45, 7) is 0. The van der Waals surface area contributed by atoms with Crippen molar-refractivity contribution in [1.29, 1.82) is 0 Å². The summed E-state index contributed by atoms with van der Waals surface area (Å²) < 4.78 is 0. The molecule has 0 bridgehead atoms. The van der Waals surface area contributed by atoms with Crippen LogP contribution in [0.25, 0.3) is 0 Å². The smallest absolute Gasteiger partial charge is 0.894 e. The summed E-state index contributed by atoms with van der Waals surface area (Å²) in [4.78, 5) is 34.3. The summed E-state index contributed by atoms with van der Waals surface area (Å²) in [7, 11) is -5.61. The Kier molecular flexibility index (Phi) is 39400. The van der Waals surface area contributed by atoms with E-state index in [1.165, 1.54) is 0 Å². The van der Waals surface area contributed by atoms with E-state index in [0.29, 0.717) is 0 Å². The van der Waals surface area contributed by atoms with Gasteiger partial charge in [0.05, 0.1) is 0 Å². The van der Waals surface area contributed by atoms with Crippen molar-refractivity contribution in [3.8, 4) is 0 Å². The molecular formula is H76O40SiW12. The largest absolute Gasteiger partial charge is 1.00 e. The van der Waals surface area contributed by atoms with Gasteiger partial charge < -0.3 is 225 Å². The molecule has 0 aromatic heterocycles. The zero-order chi connectivity index (χ0) is 4.50. The number of hydrogen-bond acceptors (Lipinski definition) is 4. The molecule has 0 aliphatic rings. The van der Waals surface area contributed by atoms with E-state index in [-0.39, 0.29) is 456 Å². The Morgan fingerprint density at radius 3 is 0.132 bits per heavy atom. The van der Waals surface area contributed by atoms with E-state index in [9.17, 15) is 0 Å². The maximum Gasteiger partial charge on any atom is 1.00 e. The Morgan fingerprint density at radius 1 is 0.132 bits per heavy atom. The van der Waals surface area contributed by atoms with Gasteiger partial charge in [0.25, 0.3) is 0 Å². The molecule has 0 amide bonds. The van der Waals surface area contributed by atoms with E-state index < -0.39 is 9.05 Å². The maximum atomic E-state index is 8.58. The Hall–Kier alpha value is 6.88. The van der Waals surface area contributed by atoms with Crippen molar-refractivity contribution in [3.05, 3.63) is 0 Å². The summed E-state index contributed by atoms with van der Waals surface area (Å²) >= 11 is 0. The fraction of sp³-hybridized carbons (Fsp3) is 0.